The van der Waals surface area contributed by atoms with Crippen LogP contribution in [0.4, 0.5) is 0 Å². The molecule has 1 aromatic heterocycles. The Bertz CT molecular complexity index is 575. The summed E-state index contributed by atoms with van der Waals surface area (Å²) in [6, 6.07) is 6.90. The molecule has 0 fully saturated rings. The maximum Gasteiger partial charge on any atom is 0.258 e. The second kappa shape index (κ2) is 3.00. The van der Waals surface area contributed by atoms with Crippen LogP contribution in [0.1, 0.15) is 0 Å². The molecule has 0 aliphatic heterocycles. The number of nitrogens with two attached hydrogens (primary N) is 1. The van der Waals surface area contributed by atoms with Gasteiger partial charge in [-0.15, -0.1) is 5.10 Å². The van der Waals surface area contributed by atoms with E-state index >= 15 is 0 Å². The predicted octanol–water partition coefficient (Wildman–Crippen LogP) is 0.277. The number of nitrogens with zero attached hydrogens (tertiary/aromatic N) is 2. The lowest BCUT2D eigenvalue weighted by molar-refractivity contribution is 0.593. The maximum atomic E-state index is 11.1. The molecule has 0 unspecified atom stereocenters. The van der Waals surface area contributed by atoms with E-state index in [9.17, 15) is 8.42 Å². The summed E-state index contributed by atoms with van der Waals surface area (Å²) in [7, 11) is -3.80. The summed E-state index contributed by atoms with van der Waals surface area (Å²) in [6.45, 7) is 0. The van der Waals surface area contributed by atoms with E-state index in [1.54, 1.807) is 24.3 Å². The Hall–Kier alpha value is -1.53. The number of rotatable bonds is 1. The van der Waals surface area contributed by atoms with Crippen molar-refractivity contribution in [3.05, 3.63) is 30.5 Å². The van der Waals surface area contributed by atoms with Crippen molar-refractivity contribution in [2.75, 3.05) is 0 Å². The molecule has 1 heterocycles. The molecule has 0 bridgehead atoms. The number of aromatic nitrogens is 2. The van der Waals surface area contributed by atoms with E-state index in [1.807, 2.05) is 0 Å². The van der Waals surface area contributed by atoms with Gasteiger partial charge in [0.2, 0.25) is 0 Å². The van der Waals surface area contributed by atoms with Crippen LogP contribution >= 0.6 is 0 Å². The predicted molar refractivity (Wildman–Crippen MR) is 50.9 cm³/mol. The third-order valence-electron chi connectivity index (χ3n) is 1.81. The fraction of sp³-hybridized carbons (Fsp3) is 0. The van der Waals surface area contributed by atoms with Gasteiger partial charge in [0.25, 0.3) is 10.0 Å². The Labute approximate surface area is 80.6 Å². The lowest BCUT2D eigenvalue weighted by atomic mass is 10.2. The SMILES string of the molecule is NS(=O)(=O)c1nncc2ccccc12. The average Bonchev–Trinajstić information content (AvgIpc) is 2.15. The van der Waals surface area contributed by atoms with Crippen LogP contribution in [0.25, 0.3) is 10.8 Å². The van der Waals surface area contributed by atoms with Gasteiger partial charge in [-0.05, 0) is 0 Å². The summed E-state index contributed by atoms with van der Waals surface area (Å²) in [5.74, 6) is 0. The lowest BCUT2D eigenvalue weighted by Gasteiger charge is -2.00. The summed E-state index contributed by atoms with van der Waals surface area (Å²) in [5, 5.41) is 13.1. The fourth-order valence-electron chi connectivity index (χ4n) is 1.21. The lowest BCUT2D eigenvalue weighted by Crippen LogP contribution is -2.15. The smallest absolute Gasteiger partial charge is 0.223 e. The molecule has 2 aromatic rings. The molecule has 0 aliphatic carbocycles. The number of primary sulfonamides is 1. The molecular weight excluding hydrogens is 202 g/mol. The van der Waals surface area contributed by atoms with Crippen LogP contribution in [0.2, 0.25) is 0 Å². The monoisotopic (exact) mass is 209 g/mol. The third-order valence-corrected chi connectivity index (χ3v) is 2.65. The molecule has 0 amide bonds. The molecule has 14 heavy (non-hydrogen) atoms. The first-order valence-corrected chi connectivity index (χ1v) is 5.37. The van der Waals surface area contributed by atoms with Gasteiger partial charge in [0.15, 0.2) is 5.03 Å². The van der Waals surface area contributed by atoms with Crippen LogP contribution < -0.4 is 5.14 Å². The van der Waals surface area contributed by atoms with E-state index in [0.29, 0.717) is 10.8 Å². The van der Waals surface area contributed by atoms with E-state index in [1.165, 1.54) is 6.20 Å². The minimum atomic E-state index is -3.80. The summed E-state index contributed by atoms with van der Waals surface area (Å²) in [5.41, 5.74) is 0. The normalized spacial score (nSPS) is 11.8. The van der Waals surface area contributed by atoms with Gasteiger partial charge in [0.1, 0.15) is 0 Å². The van der Waals surface area contributed by atoms with Gasteiger partial charge < -0.3 is 0 Å². The third kappa shape index (κ3) is 1.45. The first-order valence-electron chi connectivity index (χ1n) is 3.82. The molecule has 0 saturated carbocycles. The largest absolute Gasteiger partial charge is 0.258 e. The summed E-state index contributed by atoms with van der Waals surface area (Å²) < 4.78 is 22.2. The van der Waals surface area contributed by atoms with Crippen LogP contribution in [0.5, 0.6) is 0 Å². The summed E-state index contributed by atoms with van der Waals surface area (Å²) in [6.07, 6.45) is 1.49. The van der Waals surface area contributed by atoms with Gasteiger partial charge in [-0.1, -0.05) is 24.3 Å². The standard InChI is InChI=1S/C8H7N3O2S/c9-14(12,13)8-7-4-2-1-3-6(7)5-10-11-8/h1-5H,(H2,9,12,13). The molecule has 6 heteroatoms. The molecule has 2 rings (SSSR count). The van der Waals surface area contributed by atoms with Crippen LogP contribution in [-0.4, -0.2) is 18.6 Å². The average molecular weight is 209 g/mol. The topological polar surface area (TPSA) is 85.9 Å². The quantitative estimate of drug-likeness (QED) is 0.730. The Balaban J connectivity index is 2.92. The van der Waals surface area contributed by atoms with Gasteiger partial charge in [-0.2, -0.15) is 5.10 Å². The fourth-order valence-corrected chi connectivity index (χ4v) is 1.87. The van der Waals surface area contributed by atoms with Gasteiger partial charge in [0, 0.05) is 10.8 Å². The van der Waals surface area contributed by atoms with Crippen molar-refractivity contribution in [1.82, 2.24) is 10.2 Å². The van der Waals surface area contributed by atoms with Crippen molar-refractivity contribution in [1.29, 1.82) is 0 Å². The first kappa shape index (κ1) is 9.04. The Kier molecular flexibility index (Phi) is 1.94. The summed E-state index contributed by atoms with van der Waals surface area (Å²) in [4.78, 5) is 0. The molecule has 0 aliphatic rings. The highest BCUT2D eigenvalue weighted by Gasteiger charge is 2.13. The summed E-state index contributed by atoms with van der Waals surface area (Å²) >= 11 is 0. The molecule has 0 spiro atoms. The number of hydrogen-bond acceptors (Lipinski definition) is 4. The Morgan fingerprint density at radius 3 is 2.64 bits per heavy atom. The number of fused-ring (bicyclic) bond motifs is 1. The highest BCUT2D eigenvalue weighted by molar-refractivity contribution is 7.89. The van der Waals surface area contributed by atoms with Crippen LogP contribution in [0, 0.1) is 0 Å². The van der Waals surface area contributed by atoms with Crippen molar-refractivity contribution in [2.24, 2.45) is 5.14 Å². The molecule has 72 valence electrons. The van der Waals surface area contributed by atoms with Crippen molar-refractivity contribution in [3.8, 4) is 0 Å². The minimum Gasteiger partial charge on any atom is -0.223 e. The molecule has 5 nitrogen and oxygen atoms in total. The van der Waals surface area contributed by atoms with Crippen LogP contribution in [0.15, 0.2) is 35.5 Å². The number of sulfonamides is 1. The van der Waals surface area contributed by atoms with Crippen molar-refractivity contribution >= 4 is 20.8 Å². The highest BCUT2D eigenvalue weighted by Crippen LogP contribution is 2.17. The molecule has 0 saturated heterocycles. The van der Waals surface area contributed by atoms with Gasteiger partial charge in [-0.25, -0.2) is 13.6 Å². The Morgan fingerprint density at radius 2 is 1.93 bits per heavy atom. The van der Waals surface area contributed by atoms with E-state index in [0.717, 1.165) is 0 Å². The molecule has 1 aromatic carbocycles. The van der Waals surface area contributed by atoms with E-state index in [2.05, 4.69) is 10.2 Å². The second-order valence-electron chi connectivity index (χ2n) is 2.78. The van der Waals surface area contributed by atoms with Gasteiger partial charge in [-0.3, -0.25) is 0 Å². The van der Waals surface area contributed by atoms with E-state index < -0.39 is 10.0 Å². The number of benzene rings is 1. The van der Waals surface area contributed by atoms with Gasteiger partial charge in [0.05, 0.1) is 6.20 Å². The van der Waals surface area contributed by atoms with Crippen molar-refractivity contribution < 1.29 is 8.42 Å². The molecular formula is C8H7N3O2S. The van der Waals surface area contributed by atoms with Crippen LogP contribution in [0.3, 0.4) is 0 Å². The second-order valence-corrected chi connectivity index (χ2v) is 4.26. The van der Waals surface area contributed by atoms with E-state index in [4.69, 9.17) is 5.14 Å². The van der Waals surface area contributed by atoms with Crippen molar-refractivity contribution in [3.63, 3.8) is 0 Å². The minimum absolute atomic E-state index is 0.185. The van der Waals surface area contributed by atoms with Crippen LogP contribution in [-0.2, 0) is 10.0 Å². The zero-order valence-electron chi connectivity index (χ0n) is 7.08. The molecule has 0 atom stereocenters. The Morgan fingerprint density at radius 1 is 1.21 bits per heavy atom. The highest BCUT2D eigenvalue weighted by atomic mass is 32.2. The van der Waals surface area contributed by atoms with E-state index in [-0.39, 0.29) is 5.03 Å². The molecule has 0 radical (unpaired) electrons. The maximum absolute atomic E-state index is 11.1. The van der Waals surface area contributed by atoms with Crippen molar-refractivity contribution in [2.45, 2.75) is 5.03 Å². The number of hydrogen-bond donors (Lipinski definition) is 1. The first-order chi connectivity index (χ1) is 6.59. The van der Waals surface area contributed by atoms with Gasteiger partial charge >= 0.3 is 0 Å². The zero-order valence-corrected chi connectivity index (χ0v) is 7.90. The zero-order chi connectivity index (χ0) is 10.2. The molecule has 2 N–H and O–H groups in total.